The van der Waals surface area contributed by atoms with Crippen molar-refractivity contribution < 1.29 is 32.0 Å². The van der Waals surface area contributed by atoms with E-state index in [0.29, 0.717) is 31.9 Å². The zero-order valence-electron chi connectivity index (χ0n) is 16.2. The van der Waals surface area contributed by atoms with Crippen molar-refractivity contribution in [2.75, 3.05) is 39.3 Å². The van der Waals surface area contributed by atoms with Gasteiger partial charge in [-0.25, -0.2) is 4.79 Å². The highest BCUT2D eigenvalue weighted by Crippen LogP contribution is 2.35. The highest BCUT2D eigenvalue weighted by atomic mass is 19.4. The Morgan fingerprint density at radius 2 is 1.83 bits per heavy atom. The van der Waals surface area contributed by atoms with E-state index in [-0.39, 0.29) is 36.6 Å². The Labute approximate surface area is 170 Å². The molecule has 0 bridgehead atoms. The maximum atomic E-state index is 12.9. The first-order chi connectivity index (χ1) is 14.3. The van der Waals surface area contributed by atoms with Crippen LogP contribution in [0.15, 0.2) is 34.9 Å². The minimum Gasteiger partial charge on any atom is -0.491 e. The van der Waals surface area contributed by atoms with Gasteiger partial charge in [-0.1, -0.05) is 17.3 Å². The zero-order valence-corrected chi connectivity index (χ0v) is 16.2. The Morgan fingerprint density at radius 1 is 1.17 bits per heavy atom. The molecular weight excluding hydrogens is 405 g/mol. The Hall–Kier alpha value is -3.24. The van der Waals surface area contributed by atoms with E-state index >= 15 is 0 Å². The van der Waals surface area contributed by atoms with Crippen LogP contribution >= 0.6 is 0 Å². The number of para-hydroxylation sites is 1. The molecule has 1 aliphatic heterocycles. The lowest BCUT2D eigenvalue weighted by molar-refractivity contribution is -0.138. The fourth-order valence-electron chi connectivity index (χ4n) is 2.99. The molecule has 0 aliphatic carbocycles. The lowest BCUT2D eigenvalue weighted by atomic mass is 10.2. The number of aromatic nitrogens is 1. The SMILES string of the molecule is Cc1cc(C(=O)N2CCN(C(=O)NCCOc3ccccc3C(F)(F)F)CC2)on1. The second kappa shape index (κ2) is 9.06. The number of alkyl halides is 3. The summed E-state index contributed by atoms with van der Waals surface area (Å²) in [6, 6.07) is 6.09. The quantitative estimate of drug-likeness (QED) is 0.743. The molecule has 1 fully saturated rings. The monoisotopic (exact) mass is 426 g/mol. The average Bonchev–Trinajstić information content (AvgIpc) is 3.16. The second-order valence-electron chi connectivity index (χ2n) is 6.69. The van der Waals surface area contributed by atoms with Crippen molar-refractivity contribution in [3.63, 3.8) is 0 Å². The third kappa shape index (κ3) is 5.22. The van der Waals surface area contributed by atoms with E-state index in [9.17, 15) is 22.8 Å². The van der Waals surface area contributed by atoms with E-state index in [1.165, 1.54) is 23.1 Å². The molecule has 1 aliphatic rings. The summed E-state index contributed by atoms with van der Waals surface area (Å²) in [6.07, 6.45) is -4.51. The normalized spacial score (nSPS) is 14.5. The lowest BCUT2D eigenvalue weighted by Crippen LogP contribution is -2.53. The Morgan fingerprint density at radius 3 is 2.47 bits per heavy atom. The third-order valence-corrected chi connectivity index (χ3v) is 4.52. The van der Waals surface area contributed by atoms with Crippen LogP contribution in [0.25, 0.3) is 0 Å². The summed E-state index contributed by atoms with van der Waals surface area (Å²) < 4.78 is 48.9. The molecule has 30 heavy (non-hydrogen) atoms. The summed E-state index contributed by atoms with van der Waals surface area (Å²) in [5, 5.41) is 6.30. The van der Waals surface area contributed by atoms with Crippen molar-refractivity contribution in [3.8, 4) is 5.75 Å². The van der Waals surface area contributed by atoms with Crippen LogP contribution in [0.2, 0.25) is 0 Å². The van der Waals surface area contributed by atoms with Crippen LogP contribution in [0, 0.1) is 6.92 Å². The van der Waals surface area contributed by atoms with Gasteiger partial charge in [0.05, 0.1) is 17.8 Å². The summed E-state index contributed by atoms with van der Waals surface area (Å²) >= 11 is 0. The molecule has 0 unspecified atom stereocenters. The Balaban J connectivity index is 1.41. The number of ether oxygens (including phenoxy) is 1. The predicted octanol–water partition coefficient (Wildman–Crippen LogP) is 2.55. The number of hydrogen-bond acceptors (Lipinski definition) is 5. The molecule has 1 N–H and O–H groups in total. The van der Waals surface area contributed by atoms with E-state index in [1.54, 1.807) is 17.9 Å². The highest BCUT2D eigenvalue weighted by molar-refractivity contribution is 5.91. The topological polar surface area (TPSA) is 87.9 Å². The fraction of sp³-hybridized carbons (Fsp3) is 0.421. The van der Waals surface area contributed by atoms with Crippen molar-refractivity contribution in [1.82, 2.24) is 20.3 Å². The van der Waals surface area contributed by atoms with E-state index in [1.807, 2.05) is 0 Å². The summed E-state index contributed by atoms with van der Waals surface area (Å²) in [5.74, 6) is -0.414. The average molecular weight is 426 g/mol. The number of amides is 3. The van der Waals surface area contributed by atoms with Crippen LogP contribution in [0.3, 0.4) is 0 Å². The van der Waals surface area contributed by atoms with Crippen molar-refractivity contribution in [1.29, 1.82) is 0 Å². The van der Waals surface area contributed by atoms with Crippen LogP contribution in [-0.4, -0.2) is 66.2 Å². The maximum absolute atomic E-state index is 12.9. The molecule has 1 saturated heterocycles. The number of piperazine rings is 1. The third-order valence-electron chi connectivity index (χ3n) is 4.52. The van der Waals surface area contributed by atoms with Crippen molar-refractivity contribution in [2.24, 2.45) is 0 Å². The van der Waals surface area contributed by atoms with Gasteiger partial charge in [0.25, 0.3) is 5.91 Å². The van der Waals surface area contributed by atoms with Gasteiger partial charge in [-0.2, -0.15) is 13.2 Å². The number of carbonyl (C=O) groups excluding carboxylic acids is 2. The molecule has 3 rings (SSSR count). The van der Waals surface area contributed by atoms with Crippen molar-refractivity contribution in [2.45, 2.75) is 13.1 Å². The molecular formula is C19H21F3N4O4. The van der Waals surface area contributed by atoms with Crippen LogP contribution in [0.5, 0.6) is 5.75 Å². The smallest absolute Gasteiger partial charge is 0.419 e. The number of urea groups is 1. The van der Waals surface area contributed by atoms with Gasteiger partial charge < -0.3 is 24.4 Å². The predicted molar refractivity (Wildman–Crippen MR) is 99.1 cm³/mol. The Kier molecular flexibility index (Phi) is 6.48. The number of rotatable bonds is 5. The fourth-order valence-corrected chi connectivity index (χ4v) is 2.99. The molecule has 0 radical (unpaired) electrons. The number of hydrogen-bond donors (Lipinski definition) is 1. The number of benzene rings is 1. The minimum absolute atomic E-state index is 0.0432. The molecule has 0 spiro atoms. The number of carbonyl (C=O) groups is 2. The van der Waals surface area contributed by atoms with Crippen molar-refractivity contribution >= 4 is 11.9 Å². The van der Waals surface area contributed by atoms with Crippen LogP contribution in [0.4, 0.5) is 18.0 Å². The largest absolute Gasteiger partial charge is 0.491 e. The first-order valence-electron chi connectivity index (χ1n) is 9.30. The molecule has 1 aromatic carbocycles. The first kappa shape index (κ1) is 21.5. The van der Waals surface area contributed by atoms with Gasteiger partial charge in [0.2, 0.25) is 5.76 Å². The Bertz CT molecular complexity index is 892. The molecule has 2 aromatic rings. The van der Waals surface area contributed by atoms with Gasteiger partial charge in [0, 0.05) is 32.2 Å². The number of aryl methyl sites for hydroxylation is 1. The van der Waals surface area contributed by atoms with E-state index in [0.717, 1.165) is 6.07 Å². The standard InChI is InChI=1S/C19H21F3N4O4/c1-13-12-16(30-24-13)17(27)25-7-9-26(10-8-25)18(28)23-6-11-29-15-5-3-2-4-14(15)19(20,21)22/h2-5,12H,6-11H2,1H3,(H,23,28). The van der Waals surface area contributed by atoms with Crippen LogP contribution < -0.4 is 10.1 Å². The summed E-state index contributed by atoms with van der Waals surface area (Å²) in [4.78, 5) is 27.6. The molecule has 1 aromatic heterocycles. The highest BCUT2D eigenvalue weighted by Gasteiger charge is 2.34. The molecule has 0 atom stereocenters. The summed E-state index contributed by atoms with van der Waals surface area (Å²) in [6.45, 7) is 2.96. The van der Waals surface area contributed by atoms with Crippen molar-refractivity contribution in [3.05, 3.63) is 47.3 Å². The van der Waals surface area contributed by atoms with Crippen LogP contribution in [-0.2, 0) is 6.18 Å². The van der Waals surface area contributed by atoms with Crippen LogP contribution in [0.1, 0.15) is 21.8 Å². The van der Waals surface area contributed by atoms with E-state index in [2.05, 4.69) is 10.5 Å². The second-order valence-corrected chi connectivity index (χ2v) is 6.69. The van der Waals surface area contributed by atoms with Gasteiger partial charge in [-0.3, -0.25) is 4.79 Å². The minimum atomic E-state index is -4.51. The van der Waals surface area contributed by atoms with Gasteiger partial charge in [0.1, 0.15) is 12.4 Å². The summed E-state index contributed by atoms with van der Waals surface area (Å²) in [7, 11) is 0. The number of nitrogens with one attached hydrogen (secondary N) is 1. The maximum Gasteiger partial charge on any atom is 0.419 e. The molecule has 0 saturated carbocycles. The van der Waals surface area contributed by atoms with E-state index < -0.39 is 11.7 Å². The molecule has 3 amide bonds. The van der Waals surface area contributed by atoms with E-state index in [4.69, 9.17) is 9.26 Å². The lowest BCUT2D eigenvalue weighted by Gasteiger charge is -2.34. The molecule has 2 heterocycles. The van der Waals surface area contributed by atoms with Gasteiger partial charge in [0.15, 0.2) is 0 Å². The van der Waals surface area contributed by atoms with Gasteiger partial charge in [-0.15, -0.1) is 0 Å². The number of nitrogens with zero attached hydrogens (tertiary/aromatic N) is 3. The molecule has 11 heteroatoms. The van der Waals surface area contributed by atoms with Gasteiger partial charge >= 0.3 is 12.2 Å². The molecule has 8 nitrogen and oxygen atoms in total. The first-order valence-corrected chi connectivity index (χ1v) is 9.30. The zero-order chi connectivity index (χ0) is 21.7. The molecule has 162 valence electrons. The number of halogens is 3. The van der Waals surface area contributed by atoms with Gasteiger partial charge in [-0.05, 0) is 19.1 Å². The summed E-state index contributed by atoms with van der Waals surface area (Å²) in [5.41, 5.74) is -0.254.